The van der Waals surface area contributed by atoms with Gasteiger partial charge < -0.3 is 5.32 Å². The number of nitrogens with one attached hydrogen (secondary N) is 2. The van der Waals surface area contributed by atoms with Crippen LogP contribution in [0, 0.1) is 5.92 Å². The number of sulfonamides is 1. The second kappa shape index (κ2) is 7.63. The topological polar surface area (TPSA) is 58.2 Å². The van der Waals surface area contributed by atoms with E-state index in [0.29, 0.717) is 23.9 Å². The van der Waals surface area contributed by atoms with Crippen molar-refractivity contribution in [2.75, 3.05) is 25.1 Å². The van der Waals surface area contributed by atoms with Gasteiger partial charge in [0.05, 0.1) is 4.90 Å². The normalized spacial score (nSPS) is 19.0. The summed E-state index contributed by atoms with van der Waals surface area (Å²) in [5, 5.41) is 3.10. The first-order chi connectivity index (χ1) is 10.1. The number of hydrogen-bond acceptors (Lipinski definition) is 4. The van der Waals surface area contributed by atoms with Crippen LogP contribution in [0.25, 0.3) is 0 Å². The lowest BCUT2D eigenvalue weighted by Gasteiger charge is -2.13. The molecule has 1 aromatic carbocycles. The zero-order chi connectivity index (χ0) is 15.3. The highest BCUT2D eigenvalue weighted by Crippen LogP contribution is 2.23. The van der Waals surface area contributed by atoms with Crippen LogP contribution < -0.4 is 10.0 Å². The number of benzene rings is 1. The SMILES string of the molecule is CCc1ccc(S(=O)(=O)NCC2CCSC2)cc1CNC. The van der Waals surface area contributed by atoms with Crippen LogP contribution in [0.1, 0.15) is 24.5 Å². The van der Waals surface area contributed by atoms with Crippen molar-refractivity contribution in [3.8, 4) is 0 Å². The van der Waals surface area contributed by atoms with E-state index in [1.54, 1.807) is 12.1 Å². The number of thioether (sulfide) groups is 1. The van der Waals surface area contributed by atoms with Crippen LogP contribution in [0.2, 0.25) is 0 Å². The maximum atomic E-state index is 12.4. The Hall–Kier alpha value is -0.560. The summed E-state index contributed by atoms with van der Waals surface area (Å²) in [4.78, 5) is 0.371. The van der Waals surface area contributed by atoms with Gasteiger partial charge in [-0.2, -0.15) is 11.8 Å². The molecule has 6 heteroatoms. The second-order valence-electron chi connectivity index (χ2n) is 5.40. The smallest absolute Gasteiger partial charge is 0.240 e. The number of hydrogen-bond donors (Lipinski definition) is 2. The summed E-state index contributed by atoms with van der Waals surface area (Å²) in [5.74, 6) is 2.67. The first kappa shape index (κ1) is 16.8. The summed E-state index contributed by atoms with van der Waals surface area (Å²) in [5.41, 5.74) is 2.25. The molecule has 2 N–H and O–H groups in total. The minimum atomic E-state index is -3.40. The van der Waals surface area contributed by atoms with Gasteiger partial charge in [0.15, 0.2) is 0 Å². The molecular weight excluding hydrogens is 304 g/mol. The van der Waals surface area contributed by atoms with E-state index >= 15 is 0 Å². The highest BCUT2D eigenvalue weighted by molar-refractivity contribution is 7.99. The van der Waals surface area contributed by atoms with E-state index < -0.39 is 10.0 Å². The van der Waals surface area contributed by atoms with Crippen LogP contribution in [-0.4, -0.2) is 33.5 Å². The van der Waals surface area contributed by atoms with Crippen LogP contribution in [0.15, 0.2) is 23.1 Å². The second-order valence-corrected chi connectivity index (χ2v) is 8.31. The average Bonchev–Trinajstić information content (AvgIpc) is 2.99. The van der Waals surface area contributed by atoms with Gasteiger partial charge in [0.2, 0.25) is 10.0 Å². The van der Waals surface area contributed by atoms with E-state index in [9.17, 15) is 8.42 Å². The van der Waals surface area contributed by atoms with Crippen LogP contribution >= 0.6 is 11.8 Å². The fourth-order valence-corrected chi connectivity index (χ4v) is 4.98. The molecule has 0 radical (unpaired) electrons. The Morgan fingerprint density at radius 3 is 2.76 bits per heavy atom. The average molecular weight is 329 g/mol. The van der Waals surface area contributed by atoms with E-state index in [2.05, 4.69) is 17.0 Å². The third-order valence-corrected chi connectivity index (χ3v) is 6.47. The molecule has 1 atom stereocenters. The zero-order valence-electron chi connectivity index (χ0n) is 12.7. The van der Waals surface area contributed by atoms with Crippen molar-refractivity contribution in [2.24, 2.45) is 5.92 Å². The van der Waals surface area contributed by atoms with Crippen LogP contribution in [0.4, 0.5) is 0 Å². The van der Waals surface area contributed by atoms with Crippen molar-refractivity contribution in [1.82, 2.24) is 10.0 Å². The Kier molecular flexibility index (Phi) is 6.10. The van der Waals surface area contributed by atoms with Gasteiger partial charge in [-0.1, -0.05) is 13.0 Å². The van der Waals surface area contributed by atoms with Gasteiger partial charge >= 0.3 is 0 Å². The Labute approximate surface area is 132 Å². The Balaban J connectivity index is 2.12. The van der Waals surface area contributed by atoms with E-state index in [1.165, 1.54) is 5.56 Å². The third-order valence-electron chi connectivity index (χ3n) is 3.82. The molecule has 1 unspecified atom stereocenters. The lowest BCUT2D eigenvalue weighted by Crippen LogP contribution is -2.29. The number of aryl methyl sites for hydroxylation is 1. The molecule has 4 nitrogen and oxygen atoms in total. The summed E-state index contributed by atoms with van der Waals surface area (Å²) < 4.78 is 27.6. The van der Waals surface area contributed by atoms with Gasteiger partial charge in [-0.05, 0) is 60.6 Å². The van der Waals surface area contributed by atoms with Crippen LogP contribution in [-0.2, 0) is 23.0 Å². The molecule has 1 aliphatic heterocycles. The van der Waals surface area contributed by atoms with Gasteiger partial charge in [-0.25, -0.2) is 13.1 Å². The van der Waals surface area contributed by atoms with Gasteiger partial charge in [0.1, 0.15) is 0 Å². The molecule has 1 aromatic rings. The zero-order valence-corrected chi connectivity index (χ0v) is 14.3. The predicted molar refractivity (Wildman–Crippen MR) is 89.2 cm³/mol. The summed E-state index contributed by atoms with van der Waals surface area (Å²) >= 11 is 1.90. The van der Waals surface area contributed by atoms with Crippen molar-refractivity contribution in [3.63, 3.8) is 0 Å². The molecule has 21 heavy (non-hydrogen) atoms. The summed E-state index contributed by atoms with van der Waals surface area (Å²) in [7, 11) is -1.53. The quantitative estimate of drug-likeness (QED) is 0.804. The molecule has 1 saturated heterocycles. The largest absolute Gasteiger partial charge is 0.316 e. The number of rotatable bonds is 7. The highest BCUT2D eigenvalue weighted by atomic mass is 32.2. The van der Waals surface area contributed by atoms with Crippen LogP contribution in [0.5, 0.6) is 0 Å². The lowest BCUT2D eigenvalue weighted by molar-refractivity contribution is 0.545. The lowest BCUT2D eigenvalue weighted by atomic mass is 10.1. The maximum absolute atomic E-state index is 12.4. The van der Waals surface area contributed by atoms with E-state index in [-0.39, 0.29) is 0 Å². The summed E-state index contributed by atoms with van der Waals surface area (Å²) in [6.45, 7) is 3.32. The minimum absolute atomic E-state index is 0.371. The molecular formula is C15H24N2O2S2. The Morgan fingerprint density at radius 1 is 1.33 bits per heavy atom. The molecule has 0 saturated carbocycles. The van der Waals surface area contributed by atoms with Gasteiger partial charge in [-0.3, -0.25) is 0 Å². The standard InChI is InChI=1S/C15H24N2O2S2/c1-3-13-4-5-15(8-14(13)10-16-2)21(18,19)17-9-12-6-7-20-11-12/h4-5,8,12,16-17H,3,6-7,9-11H2,1-2H3. The van der Waals surface area contributed by atoms with Crippen LogP contribution in [0.3, 0.4) is 0 Å². The first-order valence-corrected chi connectivity index (χ1v) is 10.0. The maximum Gasteiger partial charge on any atom is 0.240 e. The molecule has 0 aliphatic carbocycles. The monoisotopic (exact) mass is 328 g/mol. The summed E-state index contributed by atoms with van der Waals surface area (Å²) in [6.07, 6.45) is 2.01. The molecule has 0 spiro atoms. The molecule has 1 fully saturated rings. The van der Waals surface area contributed by atoms with E-state index in [4.69, 9.17) is 0 Å². The van der Waals surface area contributed by atoms with Gasteiger partial charge in [0.25, 0.3) is 0 Å². The minimum Gasteiger partial charge on any atom is -0.316 e. The molecule has 0 aromatic heterocycles. The van der Waals surface area contributed by atoms with Crippen molar-refractivity contribution < 1.29 is 8.42 Å². The van der Waals surface area contributed by atoms with Gasteiger partial charge in [0, 0.05) is 13.1 Å². The Bertz CT molecular complexity index is 567. The Morgan fingerprint density at radius 2 is 2.14 bits per heavy atom. The third kappa shape index (κ3) is 4.45. The molecule has 1 aliphatic rings. The molecule has 0 amide bonds. The fraction of sp³-hybridized carbons (Fsp3) is 0.600. The van der Waals surface area contributed by atoms with Gasteiger partial charge in [-0.15, -0.1) is 0 Å². The summed E-state index contributed by atoms with van der Waals surface area (Å²) in [6, 6.07) is 5.43. The van der Waals surface area contributed by atoms with E-state index in [1.807, 2.05) is 24.9 Å². The fourth-order valence-electron chi connectivity index (χ4n) is 2.52. The molecule has 0 bridgehead atoms. The molecule has 118 valence electrons. The highest BCUT2D eigenvalue weighted by Gasteiger charge is 2.20. The van der Waals surface area contributed by atoms with Crippen molar-refractivity contribution in [2.45, 2.75) is 31.2 Å². The van der Waals surface area contributed by atoms with E-state index in [0.717, 1.165) is 29.9 Å². The van der Waals surface area contributed by atoms with Crippen molar-refractivity contribution in [3.05, 3.63) is 29.3 Å². The van der Waals surface area contributed by atoms with Crippen molar-refractivity contribution in [1.29, 1.82) is 0 Å². The molecule has 1 heterocycles. The van der Waals surface area contributed by atoms with Crippen molar-refractivity contribution >= 4 is 21.8 Å². The first-order valence-electron chi connectivity index (χ1n) is 7.40. The molecule has 2 rings (SSSR count). The predicted octanol–water partition coefficient (Wildman–Crippen LogP) is 2.00.